The van der Waals surface area contributed by atoms with Gasteiger partial charge in [0.2, 0.25) is 5.91 Å². The molecular formula is C25H34IN5O2. The highest BCUT2D eigenvalue weighted by Gasteiger charge is 2.20. The van der Waals surface area contributed by atoms with Crippen LogP contribution >= 0.6 is 24.0 Å². The number of anilines is 1. The molecule has 3 rings (SSSR count). The van der Waals surface area contributed by atoms with Crippen LogP contribution in [0.3, 0.4) is 0 Å². The van der Waals surface area contributed by atoms with Gasteiger partial charge in [0.05, 0.1) is 0 Å². The van der Waals surface area contributed by atoms with Crippen molar-refractivity contribution < 1.29 is 9.53 Å². The summed E-state index contributed by atoms with van der Waals surface area (Å²) in [4.78, 5) is 21.1. The van der Waals surface area contributed by atoms with E-state index in [-0.39, 0.29) is 29.9 Å². The largest absolute Gasteiger partial charge is 0.489 e. The van der Waals surface area contributed by atoms with Gasteiger partial charge < -0.3 is 25.2 Å². The molecule has 0 unspecified atom stereocenters. The van der Waals surface area contributed by atoms with E-state index in [1.807, 2.05) is 47.4 Å². The topological polar surface area (TPSA) is 69.2 Å². The molecule has 0 bridgehead atoms. The number of rotatable bonds is 9. The summed E-state index contributed by atoms with van der Waals surface area (Å²) in [6, 6.07) is 18.2. The summed E-state index contributed by atoms with van der Waals surface area (Å²) in [7, 11) is 1.72. The number of nitrogens with one attached hydrogen (secondary N) is 2. The number of guanidine groups is 1. The molecule has 7 nitrogen and oxygen atoms in total. The Morgan fingerprint density at radius 1 is 1.06 bits per heavy atom. The second kappa shape index (κ2) is 14.4. The first kappa shape index (κ1) is 26.5. The van der Waals surface area contributed by atoms with Gasteiger partial charge in [-0.2, -0.15) is 0 Å². The Labute approximate surface area is 213 Å². The molecule has 0 aromatic heterocycles. The second-order valence-electron chi connectivity index (χ2n) is 7.51. The fourth-order valence-electron chi connectivity index (χ4n) is 3.64. The minimum atomic E-state index is 0. The quantitative estimate of drug-likeness (QED) is 0.212. The number of hydrogen-bond acceptors (Lipinski definition) is 4. The van der Waals surface area contributed by atoms with Gasteiger partial charge >= 0.3 is 0 Å². The zero-order valence-electron chi connectivity index (χ0n) is 19.2. The van der Waals surface area contributed by atoms with Crippen molar-refractivity contribution in [1.29, 1.82) is 0 Å². The number of ether oxygens (including phenoxy) is 1. The predicted octanol–water partition coefficient (Wildman–Crippen LogP) is 3.27. The van der Waals surface area contributed by atoms with Crippen molar-refractivity contribution >= 4 is 41.5 Å². The van der Waals surface area contributed by atoms with Crippen LogP contribution in [-0.2, 0) is 11.3 Å². The molecule has 178 valence electrons. The lowest BCUT2D eigenvalue weighted by atomic mass is 10.2. The van der Waals surface area contributed by atoms with E-state index in [0.717, 1.165) is 37.5 Å². The fraction of sp³-hybridized carbons (Fsp3) is 0.360. The molecule has 1 aliphatic rings. The van der Waals surface area contributed by atoms with Crippen LogP contribution in [0, 0.1) is 0 Å². The minimum Gasteiger partial charge on any atom is -0.489 e. The molecule has 0 atom stereocenters. The van der Waals surface area contributed by atoms with E-state index in [1.54, 1.807) is 13.1 Å². The molecule has 8 heteroatoms. The number of halogens is 1. The molecule has 2 aromatic carbocycles. The van der Waals surface area contributed by atoms with Crippen LogP contribution in [0.25, 0.3) is 0 Å². The molecule has 1 saturated heterocycles. The number of piperazine rings is 1. The normalized spacial score (nSPS) is 13.7. The summed E-state index contributed by atoms with van der Waals surface area (Å²) in [5, 5.41) is 6.51. The highest BCUT2D eigenvalue weighted by atomic mass is 127. The molecule has 0 aliphatic carbocycles. The van der Waals surface area contributed by atoms with Crippen molar-refractivity contribution in [2.75, 3.05) is 51.3 Å². The number of amides is 1. The molecular weight excluding hydrogens is 529 g/mol. The van der Waals surface area contributed by atoms with Crippen LogP contribution in [0.1, 0.15) is 12.0 Å². The molecule has 1 aliphatic heterocycles. The van der Waals surface area contributed by atoms with E-state index in [1.165, 1.54) is 5.69 Å². The number of carbonyl (C=O) groups excluding carboxylic acids is 1. The Morgan fingerprint density at radius 3 is 2.45 bits per heavy atom. The maximum absolute atomic E-state index is 12.6. The molecule has 0 saturated carbocycles. The number of aliphatic imine (C=N–C) groups is 1. The lowest BCUT2D eigenvalue weighted by Gasteiger charge is -2.36. The van der Waals surface area contributed by atoms with Crippen molar-refractivity contribution in [3.05, 3.63) is 72.8 Å². The Hall–Kier alpha value is -2.75. The standard InChI is InChI=1S/C25H33N5O2.HI/c1-3-19-32-23-12-8-7-9-21(23)20-28-25(26-2)27-14-13-24(31)30-17-15-29(16-18-30)22-10-5-4-6-11-22;/h3-12H,1,13-20H2,2H3,(H2,26,27,28);1H. The van der Waals surface area contributed by atoms with Gasteiger partial charge in [0.15, 0.2) is 5.96 Å². The monoisotopic (exact) mass is 563 g/mol. The summed E-state index contributed by atoms with van der Waals surface area (Å²) in [6.07, 6.45) is 2.16. The first-order valence-corrected chi connectivity index (χ1v) is 11.0. The average molecular weight is 563 g/mol. The van der Waals surface area contributed by atoms with E-state index in [0.29, 0.717) is 32.1 Å². The zero-order valence-corrected chi connectivity index (χ0v) is 21.5. The second-order valence-corrected chi connectivity index (χ2v) is 7.51. The van der Waals surface area contributed by atoms with Crippen LogP contribution in [-0.4, -0.2) is 63.1 Å². The van der Waals surface area contributed by atoms with Crippen molar-refractivity contribution in [1.82, 2.24) is 15.5 Å². The fourth-order valence-corrected chi connectivity index (χ4v) is 3.64. The van der Waals surface area contributed by atoms with Gasteiger partial charge in [0.25, 0.3) is 0 Å². The van der Waals surface area contributed by atoms with E-state index in [9.17, 15) is 4.79 Å². The number of carbonyl (C=O) groups is 1. The number of hydrogen-bond donors (Lipinski definition) is 2. The summed E-state index contributed by atoms with van der Waals surface area (Å²) in [5.74, 6) is 1.65. The van der Waals surface area contributed by atoms with Gasteiger partial charge in [-0.25, -0.2) is 0 Å². The van der Waals surface area contributed by atoms with Crippen molar-refractivity contribution in [2.45, 2.75) is 13.0 Å². The van der Waals surface area contributed by atoms with Gasteiger partial charge in [-0.1, -0.05) is 49.1 Å². The van der Waals surface area contributed by atoms with Crippen LogP contribution < -0.4 is 20.3 Å². The van der Waals surface area contributed by atoms with Gasteiger partial charge in [0.1, 0.15) is 12.4 Å². The minimum absolute atomic E-state index is 0. The third-order valence-corrected chi connectivity index (χ3v) is 5.38. The molecule has 2 aromatic rings. The Bertz CT molecular complexity index is 899. The molecule has 2 N–H and O–H groups in total. The Morgan fingerprint density at radius 2 is 1.76 bits per heavy atom. The zero-order chi connectivity index (χ0) is 22.6. The van der Waals surface area contributed by atoms with Gasteiger partial charge in [-0.3, -0.25) is 9.79 Å². The highest BCUT2D eigenvalue weighted by molar-refractivity contribution is 14.0. The SMILES string of the molecule is C=CCOc1ccccc1CNC(=NC)NCCC(=O)N1CCN(c2ccccc2)CC1.I. The highest BCUT2D eigenvalue weighted by Crippen LogP contribution is 2.18. The van der Waals surface area contributed by atoms with Crippen molar-refractivity contribution in [2.24, 2.45) is 4.99 Å². The van der Waals surface area contributed by atoms with Gasteiger partial charge in [-0.05, 0) is 18.2 Å². The van der Waals surface area contributed by atoms with Crippen LogP contribution in [0.4, 0.5) is 5.69 Å². The number of nitrogens with zero attached hydrogens (tertiary/aromatic N) is 3. The van der Waals surface area contributed by atoms with E-state index < -0.39 is 0 Å². The summed E-state index contributed by atoms with van der Waals surface area (Å²) < 4.78 is 5.70. The molecule has 1 amide bonds. The van der Waals surface area contributed by atoms with Crippen molar-refractivity contribution in [3.8, 4) is 5.75 Å². The first-order valence-electron chi connectivity index (χ1n) is 11.0. The third kappa shape index (κ3) is 8.27. The predicted molar refractivity (Wildman–Crippen MR) is 146 cm³/mol. The number of benzene rings is 2. The Balaban J connectivity index is 0.00000385. The Kier molecular flexibility index (Phi) is 11.6. The number of para-hydroxylation sites is 2. The van der Waals surface area contributed by atoms with Crippen LogP contribution in [0.2, 0.25) is 0 Å². The van der Waals surface area contributed by atoms with E-state index >= 15 is 0 Å². The maximum atomic E-state index is 12.6. The summed E-state index contributed by atoms with van der Waals surface area (Å²) in [6.45, 7) is 8.48. The van der Waals surface area contributed by atoms with Gasteiger partial charge in [-0.15, -0.1) is 24.0 Å². The molecule has 1 fully saturated rings. The van der Waals surface area contributed by atoms with E-state index in [4.69, 9.17) is 4.74 Å². The smallest absolute Gasteiger partial charge is 0.224 e. The first-order chi connectivity index (χ1) is 15.7. The molecule has 1 heterocycles. The lowest BCUT2D eigenvalue weighted by Crippen LogP contribution is -2.49. The van der Waals surface area contributed by atoms with Gasteiger partial charge in [0, 0.05) is 64.0 Å². The summed E-state index contributed by atoms with van der Waals surface area (Å²) >= 11 is 0. The van der Waals surface area contributed by atoms with E-state index in [2.05, 4.69) is 39.2 Å². The average Bonchev–Trinajstić information content (AvgIpc) is 2.85. The summed E-state index contributed by atoms with van der Waals surface area (Å²) in [5.41, 5.74) is 2.25. The van der Waals surface area contributed by atoms with Crippen LogP contribution in [0.5, 0.6) is 5.75 Å². The molecule has 0 radical (unpaired) electrons. The maximum Gasteiger partial charge on any atom is 0.224 e. The van der Waals surface area contributed by atoms with Crippen molar-refractivity contribution in [3.63, 3.8) is 0 Å². The lowest BCUT2D eigenvalue weighted by molar-refractivity contribution is -0.131. The van der Waals surface area contributed by atoms with Crippen LogP contribution in [0.15, 0.2) is 72.2 Å². The molecule has 33 heavy (non-hydrogen) atoms. The third-order valence-electron chi connectivity index (χ3n) is 5.38. The molecule has 0 spiro atoms.